The lowest BCUT2D eigenvalue weighted by Crippen LogP contribution is -2.29. The van der Waals surface area contributed by atoms with E-state index in [4.69, 9.17) is 4.74 Å². The number of nitro benzene ring substituents is 1. The molecule has 1 heterocycles. The molecule has 0 radical (unpaired) electrons. The van der Waals surface area contributed by atoms with Crippen molar-refractivity contribution in [2.45, 2.75) is 19.8 Å². The van der Waals surface area contributed by atoms with E-state index >= 15 is 0 Å². The molecular weight excluding hydrogens is 300 g/mol. The molecule has 7 heteroatoms. The summed E-state index contributed by atoms with van der Waals surface area (Å²) in [5, 5.41) is 14.0. The molecule has 0 bridgehead atoms. The summed E-state index contributed by atoms with van der Waals surface area (Å²) in [7, 11) is 1.25. The number of aldehydes is 1. The van der Waals surface area contributed by atoms with Gasteiger partial charge in [-0.1, -0.05) is 12.1 Å². The first-order valence-electron chi connectivity index (χ1n) is 6.87. The smallest absolute Gasteiger partial charge is 0.336 e. The number of hydrogen-bond donors (Lipinski definition) is 1. The number of carbonyl (C=O) groups excluding carboxylic acids is 2. The number of nitrogens with one attached hydrogen (secondary N) is 1. The number of nitro groups is 1. The molecule has 0 aliphatic carbocycles. The van der Waals surface area contributed by atoms with Crippen LogP contribution in [0.1, 0.15) is 25.3 Å². The molecule has 0 amide bonds. The third kappa shape index (κ3) is 2.98. The molecule has 1 aromatic carbocycles. The van der Waals surface area contributed by atoms with Crippen LogP contribution in [-0.4, -0.2) is 24.3 Å². The quantitative estimate of drug-likeness (QED) is 0.396. The zero-order valence-electron chi connectivity index (χ0n) is 13.0. The summed E-state index contributed by atoms with van der Waals surface area (Å²) in [5.74, 6) is -1.29. The fourth-order valence-corrected chi connectivity index (χ4v) is 2.71. The molecule has 23 heavy (non-hydrogen) atoms. The van der Waals surface area contributed by atoms with Gasteiger partial charge >= 0.3 is 5.97 Å². The zero-order chi connectivity index (χ0) is 17.1. The SMILES string of the molecule is COC(=O)C1=C(C)NC(C)=C(C=O)C1c1cccc([N+](=O)[O-])c1. The summed E-state index contributed by atoms with van der Waals surface area (Å²) in [5.41, 5.74) is 2.14. The number of methoxy groups -OCH3 is 1. The van der Waals surface area contributed by atoms with Crippen LogP contribution in [0.2, 0.25) is 0 Å². The Morgan fingerprint density at radius 2 is 2.04 bits per heavy atom. The minimum absolute atomic E-state index is 0.106. The predicted octanol–water partition coefficient (Wildman–Crippen LogP) is 2.20. The van der Waals surface area contributed by atoms with Crippen LogP contribution in [0.3, 0.4) is 0 Å². The molecule has 1 unspecified atom stereocenters. The van der Waals surface area contributed by atoms with Crippen LogP contribution in [0, 0.1) is 10.1 Å². The van der Waals surface area contributed by atoms with Crippen LogP contribution < -0.4 is 5.32 Å². The number of nitrogens with zero attached hydrogens (tertiary/aromatic N) is 1. The maximum absolute atomic E-state index is 12.2. The second-order valence-electron chi connectivity index (χ2n) is 5.14. The van der Waals surface area contributed by atoms with Gasteiger partial charge in [-0.3, -0.25) is 14.9 Å². The number of hydrogen-bond acceptors (Lipinski definition) is 6. The molecule has 1 aliphatic heterocycles. The summed E-state index contributed by atoms with van der Waals surface area (Å²) in [6.07, 6.45) is 0.654. The van der Waals surface area contributed by atoms with E-state index in [1.807, 2.05) is 0 Å². The third-order valence-corrected chi connectivity index (χ3v) is 3.76. The van der Waals surface area contributed by atoms with E-state index in [0.29, 0.717) is 28.8 Å². The average molecular weight is 316 g/mol. The van der Waals surface area contributed by atoms with E-state index in [-0.39, 0.29) is 11.3 Å². The monoisotopic (exact) mass is 316 g/mol. The highest BCUT2D eigenvalue weighted by molar-refractivity contribution is 5.95. The summed E-state index contributed by atoms with van der Waals surface area (Å²) in [6.45, 7) is 3.41. The number of rotatable bonds is 4. The van der Waals surface area contributed by atoms with E-state index in [1.165, 1.54) is 25.3 Å². The molecule has 0 saturated carbocycles. The predicted molar refractivity (Wildman–Crippen MR) is 82.5 cm³/mol. The average Bonchev–Trinajstić information content (AvgIpc) is 2.53. The molecule has 7 nitrogen and oxygen atoms in total. The molecule has 1 aromatic rings. The number of allylic oxidation sites excluding steroid dienone is 3. The van der Waals surface area contributed by atoms with Gasteiger partial charge in [0.25, 0.3) is 5.69 Å². The van der Waals surface area contributed by atoms with Crippen molar-refractivity contribution in [1.82, 2.24) is 5.32 Å². The third-order valence-electron chi connectivity index (χ3n) is 3.76. The van der Waals surface area contributed by atoms with Crippen LogP contribution in [0.25, 0.3) is 0 Å². The summed E-state index contributed by atoms with van der Waals surface area (Å²) in [4.78, 5) is 34.2. The Morgan fingerprint density at radius 1 is 1.35 bits per heavy atom. The van der Waals surface area contributed by atoms with Gasteiger partial charge < -0.3 is 10.1 Å². The summed E-state index contributed by atoms with van der Waals surface area (Å²) < 4.78 is 4.81. The second kappa shape index (κ2) is 6.43. The molecule has 0 fully saturated rings. The van der Waals surface area contributed by atoms with Gasteiger partial charge in [0.1, 0.15) is 6.29 Å². The second-order valence-corrected chi connectivity index (χ2v) is 5.14. The van der Waals surface area contributed by atoms with Crippen LogP contribution in [0.4, 0.5) is 5.69 Å². The summed E-state index contributed by atoms with van der Waals surface area (Å²) in [6, 6.07) is 5.90. The molecule has 1 aliphatic rings. The number of benzene rings is 1. The summed E-state index contributed by atoms with van der Waals surface area (Å²) >= 11 is 0. The Morgan fingerprint density at radius 3 is 2.61 bits per heavy atom. The van der Waals surface area contributed by atoms with Crippen molar-refractivity contribution < 1.29 is 19.2 Å². The van der Waals surface area contributed by atoms with Crippen molar-refractivity contribution >= 4 is 17.9 Å². The van der Waals surface area contributed by atoms with Gasteiger partial charge in [0.2, 0.25) is 0 Å². The highest BCUT2D eigenvalue weighted by Gasteiger charge is 2.34. The number of non-ortho nitro benzene ring substituents is 1. The van der Waals surface area contributed by atoms with Gasteiger partial charge in [-0.05, 0) is 19.4 Å². The van der Waals surface area contributed by atoms with Gasteiger partial charge in [-0.15, -0.1) is 0 Å². The van der Waals surface area contributed by atoms with Gasteiger partial charge in [-0.2, -0.15) is 0 Å². The van der Waals surface area contributed by atoms with E-state index < -0.39 is 16.8 Å². The van der Waals surface area contributed by atoms with Gasteiger partial charge in [0.15, 0.2) is 0 Å². The van der Waals surface area contributed by atoms with Crippen LogP contribution in [0.5, 0.6) is 0 Å². The number of ether oxygens (including phenoxy) is 1. The molecule has 0 spiro atoms. The molecule has 0 saturated heterocycles. The van der Waals surface area contributed by atoms with Gasteiger partial charge in [0.05, 0.1) is 17.6 Å². The Kier molecular flexibility index (Phi) is 4.59. The lowest BCUT2D eigenvalue weighted by atomic mass is 9.81. The minimum atomic E-state index is -0.707. The normalized spacial score (nSPS) is 17.6. The van der Waals surface area contributed by atoms with Crippen molar-refractivity contribution in [2.75, 3.05) is 7.11 Å². The van der Waals surface area contributed by atoms with Gasteiger partial charge in [-0.25, -0.2) is 4.79 Å². The standard InChI is InChI=1S/C16H16N2O5/c1-9-13(8-19)15(14(10(2)17-9)16(20)23-3)11-5-4-6-12(7-11)18(21)22/h4-8,15,17H,1-3H3. The number of dihydropyridines is 1. The van der Waals surface area contributed by atoms with E-state index in [2.05, 4.69) is 5.32 Å². The lowest BCUT2D eigenvalue weighted by Gasteiger charge is -2.28. The fraction of sp³-hybridized carbons (Fsp3) is 0.250. The largest absolute Gasteiger partial charge is 0.466 e. The molecule has 0 aromatic heterocycles. The zero-order valence-corrected chi connectivity index (χ0v) is 13.0. The van der Waals surface area contributed by atoms with Crippen molar-refractivity contribution in [3.8, 4) is 0 Å². The van der Waals surface area contributed by atoms with Crippen LogP contribution >= 0.6 is 0 Å². The molecular formula is C16H16N2O5. The maximum Gasteiger partial charge on any atom is 0.336 e. The molecule has 120 valence electrons. The van der Waals surface area contributed by atoms with Crippen LogP contribution in [0.15, 0.2) is 46.8 Å². The molecule has 1 atom stereocenters. The molecule has 2 rings (SSSR count). The number of carbonyl (C=O) groups is 2. The van der Waals surface area contributed by atoms with Crippen molar-refractivity contribution in [1.29, 1.82) is 0 Å². The van der Waals surface area contributed by atoms with Crippen LogP contribution in [-0.2, 0) is 14.3 Å². The Hall–Kier alpha value is -2.96. The first-order valence-corrected chi connectivity index (χ1v) is 6.87. The lowest BCUT2D eigenvalue weighted by molar-refractivity contribution is -0.384. The topological polar surface area (TPSA) is 98.5 Å². The van der Waals surface area contributed by atoms with E-state index in [0.717, 1.165) is 0 Å². The highest BCUT2D eigenvalue weighted by atomic mass is 16.6. The van der Waals surface area contributed by atoms with Crippen molar-refractivity contribution in [3.63, 3.8) is 0 Å². The Balaban J connectivity index is 2.67. The highest BCUT2D eigenvalue weighted by Crippen LogP contribution is 2.38. The van der Waals surface area contributed by atoms with Crippen molar-refractivity contribution in [3.05, 3.63) is 62.5 Å². The fourth-order valence-electron chi connectivity index (χ4n) is 2.71. The number of esters is 1. The van der Waals surface area contributed by atoms with Crippen molar-refractivity contribution in [2.24, 2.45) is 0 Å². The van der Waals surface area contributed by atoms with E-state index in [1.54, 1.807) is 19.9 Å². The Bertz CT molecular complexity index is 749. The minimum Gasteiger partial charge on any atom is -0.466 e. The molecule has 1 N–H and O–H groups in total. The first kappa shape index (κ1) is 16.4. The Labute approximate surface area is 132 Å². The van der Waals surface area contributed by atoms with E-state index in [9.17, 15) is 19.7 Å². The maximum atomic E-state index is 12.2. The first-order chi connectivity index (χ1) is 10.9. The van der Waals surface area contributed by atoms with Gasteiger partial charge in [0, 0.05) is 35.0 Å².